The number of nitrogens with one attached hydrogen (secondary N) is 1. The highest BCUT2D eigenvalue weighted by Crippen LogP contribution is 2.25. The fourth-order valence-electron chi connectivity index (χ4n) is 2.18. The Morgan fingerprint density at radius 2 is 2.33 bits per heavy atom. The number of carbonyl (C=O) groups excluding carboxylic acids is 1. The van der Waals surface area contributed by atoms with E-state index in [1.54, 1.807) is 12.3 Å². The van der Waals surface area contributed by atoms with Gasteiger partial charge in [0, 0.05) is 21.7 Å². The molecule has 2 rings (SSSR count). The molecule has 1 aromatic heterocycles. The Balaban J connectivity index is 2.00. The molecular weight excluding hydrogens is 365 g/mol. The maximum absolute atomic E-state index is 12.1. The lowest BCUT2D eigenvalue weighted by atomic mass is 9.85. The van der Waals surface area contributed by atoms with Crippen LogP contribution >= 0.6 is 34.2 Å². The van der Waals surface area contributed by atoms with Crippen LogP contribution in [0.2, 0.25) is 5.02 Å². The largest absolute Gasteiger partial charge is 0.328 e. The third-order valence-electron chi connectivity index (χ3n) is 3.15. The van der Waals surface area contributed by atoms with E-state index in [1.807, 2.05) is 0 Å². The Labute approximate surface area is 125 Å². The van der Waals surface area contributed by atoms with Crippen LogP contribution in [0.3, 0.4) is 0 Å². The van der Waals surface area contributed by atoms with Crippen molar-refractivity contribution in [2.45, 2.75) is 31.7 Å². The normalized spacial score (nSPS) is 23.7. The SMILES string of the molecule is NC1CCCC(C(=O)Nc2cc(I)c(Cl)cn2)C1. The maximum Gasteiger partial charge on any atom is 0.228 e. The highest BCUT2D eigenvalue weighted by molar-refractivity contribution is 14.1. The second-order valence-corrected chi connectivity index (χ2v) is 6.17. The van der Waals surface area contributed by atoms with E-state index >= 15 is 0 Å². The molecule has 4 nitrogen and oxygen atoms in total. The van der Waals surface area contributed by atoms with Crippen molar-refractivity contribution in [2.75, 3.05) is 5.32 Å². The lowest BCUT2D eigenvalue weighted by Crippen LogP contribution is -2.34. The zero-order valence-electron chi connectivity index (χ0n) is 9.83. The van der Waals surface area contributed by atoms with Gasteiger partial charge < -0.3 is 11.1 Å². The van der Waals surface area contributed by atoms with E-state index in [-0.39, 0.29) is 17.9 Å². The van der Waals surface area contributed by atoms with E-state index in [0.29, 0.717) is 10.8 Å². The molecule has 1 heterocycles. The molecule has 2 atom stereocenters. The van der Waals surface area contributed by atoms with Crippen LogP contribution in [-0.2, 0) is 4.79 Å². The van der Waals surface area contributed by atoms with Gasteiger partial charge in [-0.25, -0.2) is 4.98 Å². The quantitative estimate of drug-likeness (QED) is 0.777. The van der Waals surface area contributed by atoms with Crippen LogP contribution in [0.4, 0.5) is 5.82 Å². The third-order valence-corrected chi connectivity index (χ3v) is 4.66. The van der Waals surface area contributed by atoms with Gasteiger partial charge in [0.05, 0.1) is 5.02 Å². The number of nitrogens with zero attached hydrogens (tertiary/aromatic N) is 1. The standard InChI is InChI=1S/C12H15ClIN3O/c13-9-6-16-11(5-10(9)14)17-12(18)7-2-1-3-8(15)4-7/h5-8H,1-4,15H2,(H,16,17,18). The van der Waals surface area contributed by atoms with Gasteiger partial charge >= 0.3 is 0 Å². The molecule has 1 saturated carbocycles. The number of carbonyl (C=O) groups is 1. The van der Waals surface area contributed by atoms with Crippen molar-refractivity contribution in [3.63, 3.8) is 0 Å². The van der Waals surface area contributed by atoms with Crippen LogP contribution in [-0.4, -0.2) is 16.9 Å². The number of aromatic nitrogens is 1. The van der Waals surface area contributed by atoms with Crippen LogP contribution in [0, 0.1) is 9.49 Å². The van der Waals surface area contributed by atoms with Crippen LogP contribution in [0.1, 0.15) is 25.7 Å². The van der Waals surface area contributed by atoms with E-state index in [0.717, 1.165) is 29.3 Å². The van der Waals surface area contributed by atoms with Crippen molar-refractivity contribution < 1.29 is 4.79 Å². The number of rotatable bonds is 2. The molecule has 0 bridgehead atoms. The van der Waals surface area contributed by atoms with E-state index in [2.05, 4.69) is 32.9 Å². The average molecular weight is 380 g/mol. The van der Waals surface area contributed by atoms with E-state index in [9.17, 15) is 4.79 Å². The smallest absolute Gasteiger partial charge is 0.228 e. The number of hydrogen-bond donors (Lipinski definition) is 2. The van der Waals surface area contributed by atoms with Gasteiger partial charge in [-0.3, -0.25) is 4.79 Å². The summed E-state index contributed by atoms with van der Waals surface area (Å²) in [7, 11) is 0. The van der Waals surface area contributed by atoms with Gasteiger partial charge in [-0.1, -0.05) is 18.0 Å². The first-order chi connectivity index (χ1) is 8.56. The Bertz CT molecular complexity index is 455. The lowest BCUT2D eigenvalue weighted by Gasteiger charge is -2.25. The summed E-state index contributed by atoms with van der Waals surface area (Å²) in [6.07, 6.45) is 5.25. The number of amides is 1. The van der Waals surface area contributed by atoms with Crippen molar-refractivity contribution in [2.24, 2.45) is 11.7 Å². The third kappa shape index (κ3) is 3.55. The van der Waals surface area contributed by atoms with Gasteiger partial charge in [-0.15, -0.1) is 0 Å². The summed E-state index contributed by atoms with van der Waals surface area (Å²) in [6, 6.07) is 1.91. The fraction of sp³-hybridized carbons (Fsp3) is 0.500. The van der Waals surface area contributed by atoms with Crippen LogP contribution in [0.15, 0.2) is 12.3 Å². The lowest BCUT2D eigenvalue weighted by molar-refractivity contribution is -0.120. The van der Waals surface area contributed by atoms with Gasteiger partial charge in [0.25, 0.3) is 0 Å². The van der Waals surface area contributed by atoms with E-state index in [4.69, 9.17) is 17.3 Å². The molecule has 6 heteroatoms. The number of halogens is 2. The Kier molecular flexibility index (Phi) is 4.80. The van der Waals surface area contributed by atoms with Crippen molar-refractivity contribution in [1.82, 2.24) is 4.98 Å². The molecule has 98 valence electrons. The van der Waals surface area contributed by atoms with Gasteiger partial charge in [0.2, 0.25) is 5.91 Å². The van der Waals surface area contributed by atoms with E-state index < -0.39 is 0 Å². The predicted molar refractivity (Wildman–Crippen MR) is 80.5 cm³/mol. The zero-order valence-corrected chi connectivity index (χ0v) is 12.7. The van der Waals surface area contributed by atoms with Gasteiger partial charge in [0.15, 0.2) is 0 Å². The summed E-state index contributed by atoms with van der Waals surface area (Å²) in [4.78, 5) is 16.2. The number of pyridine rings is 1. The minimum absolute atomic E-state index is 0.00360. The zero-order chi connectivity index (χ0) is 13.1. The molecule has 0 aromatic carbocycles. The Morgan fingerprint density at radius 3 is 3.00 bits per heavy atom. The Morgan fingerprint density at radius 1 is 1.56 bits per heavy atom. The van der Waals surface area contributed by atoms with Crippen LogP contribution in [0.25, 0.3) is 0 Å². The number of nitrogens with two attached hydrogens (primary N) is 1. The molecular formula is C12H15ClIN3O. The molecule has 1 aliphatic carbocycles. The average Bonchev–Trinajstić information content (AvgIpc) is 2.34. The number of anilines is 1. The monoisotopic (exact) mass is 379 g/mol. The molecule has 1 fully saturated rings. The van der Waals surface area contributed by atoms with Crippen molar-refractivity contribution in [3.8, 4) is 0 Å². The van der Waals surface area contributed by atoms with Crippen LogP contribution < -0.4 is 11.1 Å². The summed E-state index contributed by atoms with van der Waals surface area (Å²) in [5, 5.41) is 3.42. The molecule has 18 heavy (non-hydrogen) atoms. The van der Waals surface area contributed by atoms with Crippen molar-refractivity contribution in [1.29, 1.82) is 0 Å². The topological polar surface area (TPSA) is 68.0 Å². The second kappa shape index (κ2) is 6.16. The molecule has 0 aliphatic heterocycles. The summed E-state index contributed by atoms with van der Waals surface area (Å²) in [5.74, 6) is 0.563. The fourth-order valence-corrected chi connectivity index (χ4v) is 2.71. The van der Waals surface area contributed by atoms with Crippen molar-refractivity contribution in [3.05, 3.63) is 20.9 Å². The summed E-state index contributed by atoms with van der Waals surface area (Å²) in [5.41, 5.74) is 5.89. The minimum atomic E-state index is 0.00360. The highest BCUT2D eigenvalue weighted by atomic mass is 127. The first-order valence-corrected chi connectivity index (χ1v) is 7.39. The first-order valence-electron chi connectivity index (χ1n) is 5.93. The molecule has 1 aromatic rings. The maximum atomic E-state index is 12.1. The summed E-state index contributed by atoms with van der Waals surface area (Å²) < 4.78 is 0.875. The molecule has 0 spiro atoms. The van der Waals surface area contributed by atoms with Crippen molar-refractivity contribution >= 4 is 45.9 Å². The summed E-state index contributed by atoms with van der Waals surface area (Å²) >= 11 is 8.00. The molecule has 1 amide bonds. The number of hydrogen-bond acceptors (Lipinski definition) is 3. The van der Waals surface area contributed by atoms with Gasteiger partial charge in [0.1, 0.15) is 5.82 Å². The second-order valence-electron chi connectivity index (χ2n) is 4.60. The highest BCUT2D eigenvalue weighted by Gasteiger charge is 2.25. The van der Waals surface area contributed by atoms with Gasteiger partial charge in [-0.2, -0.15) is 0 Å². The molecule has 0 saturated heterocycles. The predicted octanol–water partition coefficient (Wildman–Crippen LogP) is 2.80. The summed E-state index contributed by atoms with van der Waals surface area (Å²) in [6.45, 7) is 0. The molecule has 0 radical (unpaired) electrons. The molecule has 2 unspecified atom stereocenters. The Hall–Kier alpha value is -0.400. The molecule has 3 N–H and O–H groups in total. The van der Waals surface area contributed by atoms with Gasteiger partial charge in [-0.05, 0) is 47.9 Å². The molecule has 1 aliphatic rings. The minimum Gasteiger partial charge on any atom is -0.328 e. The first kappa shape index (κ1) is 14.0. The van der Waals surface area contributed by atoms with Crippen LogP contribution in [0.5, 0.6) is 0 Å². The van der Waals surface area contributed by atoms with E-state index in [1.165, 1.54) is 0 Å².